The number of H-pyrrole nitrogens is 1. The van der Waals surface area contributed by atoms with Gasteiger partial charge in [-0.05, 0) is 96.0 Å². The molecule has 9 rings (SSSR count). The summed E-state index contributed by atoms with van der Waals surface area (Å²) in [5.41, 5.74) is 9.66. The lowest BCUT2D eigenvalue weighted by atomic mass is 9.91. The van der Waals surface area contributed by atoms with Gasteiger partial charge in [0.2, 0.25) is 0 Å². The van der Waals surface area contributed by atoms with Gasteiger partial charge in [-0.25, -0.2) is 0 Å². The second-order valence-electron chi connectivity index (χ2n) is 11.4. The molecular formula is C42H27N. The van der Waals surface area contributed by atoms with Crippen molar-refractivity contribution in [1.82, 2.24) is 4.98 Å². The van der Waals surface area contributed by atoms with Crippen LogP contribution in [0, 0.1) is 0 Å². The van der Waals surface area contributed by atoms with E-state index in [1.165, 1.54) is 87.5 Å². The average molecular weight is 546 g/mol. The van der Waals surface area contributed by atoms with Gasteiger partial charge in [0.25, 0.3) is 0 Å². The number of aromatic nitrogens is 1. The van der Waals surface area contributed by atoms with E-state index in [0.717, 1.165) is 0 Å². The maximum atomic E-state index is 3.59. The molecule has 43 heavy (non-hydrogen) atoms. The Morgan fingerprint density at radius 1 is 0.233 bits per heavy atom. The first-order valence-corrected chi connectivity index (χ1v) is 14.9. The molecule has 0 bridgehead atoms. The fraction of sp³-hybridized carbons (Fsp3) is 0. The largest absolute Gasteiger partial charge is 0.354 e. The molecule has 0 amide bonds. The fourth-order valence-corrected chi connectivity index (χ4v) is 6.88. The number of nitrogens with one attached hydrogen (secondary N) is 1. The zero-order valence-corrected chi connectivity index (χ0v) is 23.5. The molecule has 0 saturated carbocycles. The Morgan fingerprint density at radius 2 is 0.628 bits per heavy atom. The minimum absolute atomic E-state index is 1.17. The summed E-state index contributed by atoms with van der Waals surface area (Å²) in [7, 11) is 0. The number of benzene rings is 8. The van der Waals surface area contributed by atoms with Crippen molar-refractivity contribution in [2.45, 2.75) is 0 Å². The Hall–Kier alpha value is -5.66. The first kappa shape index (κ1) is 24.0. The molecule has 0 spiro atoms. The van der Waals surface area contributed by atoms with E-state index in [0.29, 0.717) is 0 Å². The summed E-state index contributed by atoms with van der Waals surface area (Å²) in [6.07, 6.45) is 0. The van der Waals surface area contributed by atoms with Gasteiger partial charge in [-0.2, -0.15) is 0 Å². The molecule has 0 aliphatic rings. The molecule has 9 aromatic rings. The average Bonchev–Trinajstić information content (AvgIpc) is 3.46. The van der Waals surface area contributed by atoms with Gasteiger partial charge in [0.1, 0.15) is 0 Å². The van der Waals surface area contributed by atoms with Crippen molar-refractivity contribution in [3.8, 4) is 33.4 Å². The maximum Gasteiger partial charge on any atom is 0.0471 e. The van der Waals surface area contributed by atoms with Gasteiger partial charge in [-0.3, -0.25) is 0 Å². The molecule has 0 radical (unpaired) electrons. The van der Waals surface area contributed by atoms with Crippen LogP contribution < -0.4 is 0 Å². The molecule has 1 nitrogen and oxygen atoms in total. The predicted molar refractivity (Wildman–Crippen MR) is 185 cm³/mol. The van der Waals surface area contributed by atoms with Crippen LogP contribution in [0.15, 0.2) is 158 Å². The third kappa shape index (κ3) is 3.86. The van der Waals surface area contributed by atoms with Crippen molar-refractivity contribution in [3.05, 3.63) is 158 Å². The summed E-state index contributed by atoms with van der Waals surface area (Å²) in [6, 6.07) is 57.6. The second kappa shape index (κ2) is 9.44. The van der Waals surface area contributed by atoms with E-state index >= 15 is 0 Å². The van der Waals surface area contributed by atoms with E-state index < -0.39 is 0 Å². The molecule has 200 valence electrons. The van der Waals surface area contributed by atoms with Crippen LogP contribution in [0.1, 0.15) is 0 Å². The van der Waals surface area contributed by atoms with Gasteiger partial charge in [0.15, 0.2) is 0 Å². The Labute approximate surface area is 249 Å². The van der Waals surface area contributed by atoms with E-state index in [1.807, 2.05) is 0 Å². The van der Waals surface area contributed by atoms with Gasteiger partial charge in [-0.1, -0.05) is 127 Å². The molecule has 0 aliphatic carbocycles. The van der Waals surface area contributed by atoms with Crippen LogP contribution in [0.5, 0.6) is 0 Å². The third-order valence-electron chi connectivity index (χ3n) is 8.98. The van der Waals surface area contributed by atoms with E-state index in [1.54, 1.807) is 0 Å². The molecule has 1 heteroatoms. The van der Waals surface area contributed by atoms with Gasteiger partial charge >= 0.3 is 0 Å². The van der Waals surface area contributed by atoms with Crippen molar-refractivity contribution in [2.24, 2.45) is 0 Å². The first-order chi connectivity index (χ1) is 21.3. The van der Waals surface area contributed by atoms with E-state index in [2.05, 4.69) is 163 Å². The highest BCUT2D eigenvalue weighted by molar-refractivity contribution is 6.25. The van der Waals surface area contributed by atoms with Gasteiger partial charge in [0.05, 0.1) is 0 Å². The molecule has 0 fully saturated rings. The number of para-hydroxylation sites is 1. The van der Waals surface area contributed by atoms with Gasteiger partial charge in [-0.15, -0.1) is 0 Å². The first-order valence-electron chi connectivity index (χ1n) is 14.9. The topological polar surface area (TPSA) is 15.8 Å². The Kier molecular flexibility index (Phi) is 5.27. The van der Waals surface area contributed by atoms with Crippen LogP contribution in [0.4, 0.5) is 0 Å². The second-order valence-corrected chi connectivity index (χ2v) is 11.4. The Bertz CT molecular complexity index is 2480. The van der Waals surface area contributed by atoms with Crippen LogP contribution in [0.25, 0.3) is 87.5 Å². The quantitative estimate of drug-likeness (QED) is 0.213. The Balaban J connectivity index is 1.13. The molecule has 0 aliphatic heterocycles. The van der Waals surface area contributed by atoms with Crippen LogP contribution in [-0.4, -0.2) is 4.98 Å². The van der Waals surface area contributed by atoms with E-state index in [4.69, 9.17) is 0 Å². The molecule has 1 N–H and O–H groups in total. The van der Waals surface area contributed by atoms with Gasteiger partial charge in [0, 0.05) is 21.8 Å². The van der Waals surface area contributed by atoms with E-state index in [9.17, 15) is 0 Å². The minimum Gasteiger partial charge on any atom is -0.354 e. The van der Waals surface area contributed by atoms with Crippen molar-refractivity contribution in [3.63, 3.8) is 0 Å². The van der Waals surface area contributed by atoms with Crippen molar-refractivity contribution in [2.75, 3.05) is 0 Å². The molecule has 0 atom stereocenters. The van der Waals surface area contributed by atoms with Crippen LogP contribution in [0.2, 0.25) is 0 Å². The summed E-state index contributed by atoms with van der Waals surface area (Å²) in [5.74, 6) is 0. The molecule has 8 aromatic carbocycles. The van der Waals surface area contributed by atoms with Crippen molar-refractivity contribution >= 4 is 54.1 Å². The maximum absolute atomic E-state index is 3.59. The van der Waals surface area contributed by atoms with E-state index in [-0.39, 0.29) is 0 Å². The highest BCUT2D eigenvalue weighted by Crippen LogP contribution is 2.38. The monoisotopic (exact) mass is 545 g/mol. The molecule has 1 heterocycles. The minimum atomic E-state index is 1.17. The fourth-order valence-electron chi connectivity index (χ4n) is 6.88. The predicted octanol–water partition coefficient (Wildman–Crippen LogP) is 11.8. The van der Waals surface area contributed by atoms with Gasteiger partial charge < -0.3 is 4.98 Å². The lowest BCUT2D eigenvalue weighted by Gasteiger charge is -2.13. The Morgan fingerprint density at radius 3 is 1.21 bits per heavy atom. The molecule has 0 unspecified atom stereocenters. The third-order valence-corrected chi connectivity index (χ3v) is 8.98. The lowest BCUT2D eigenvalue weighted by Crippen LogP contribution is -1.86. The lowest BCUT2D eigenvalue weighted by molar-refractivity contribution is 1.54. The zero-order chi connectivity index (χ0) is 28.3. The number of fused-ring (bicyclic) bond motifs is 9. The summed E-state index contributed by atoms with van der Waals surface area (Å²) in [4.78, 5) is 3.59. The van der Waals surface area contributed by atoms with Crippen LogP contribution in [-0.2, 0) is 0 Å². The molecular weight excluding hydrogens is 518 g/mol. The van der Waals surface area contributed by atoms with Crippen LogP contribution >= 0.6 is 0 Å². The number of hydrogen-bond donors (Lipinski definition) is 1. The highest BCUT2D eigenvalue weighted by Gasteiger charge is 2.11. The highest BCUT2D eigenvalue weighted by atomic mass is 14.7. The molecule has 0 saturated heterocycles. The smallest absolute Gasteiger partial charge is 0.0471 e. The summed E-state index contributed by atoms with van der Waals surface area (Å²) in [6.45, 7) is 0. The normalized spacial score (nSPS) is 11.7. The number of aromatic amines is 1. The standard InChI is InChI=1S/C42H27N/c1-2-15-35-33(13-1)34-14-3-4-16-36(34)40-25-31(19-21-37(35)40)29-11-7-9-27(23-29)28-10-8-12-30(24-28)32-20-22-39-38-17-5-6-18-41(38)43-42(39)26-32/h1-26,43H. The summed E-state index contributed by atoms with van der Waals surface area (Å²) >= 11 is 0. The number of hydrogen-bond acceptors (Lipinski definition) is 0. The van der Waals surface area contributed by atoms with Crippen molar-refractivity contribution < 1.29 is 0 Å². The molecule has 1 aromatic heterocycles. The zero-order valence-electron chi connectivity index (χ0n) is 23.5. The van der Waals surface area contributed by atoms with Crippen LogP contribution in [0.3, 0.4) is 0 Å². The SMILES string of the molecule is c1cc(-c2cccc(-c3ccc4c5ccccc5c5ccccc5c4c3)c2)cc(-c2ccc3c(c2)[nH]c2ccccc23)c1. The summed E-state index contributed by atoms with van der Waals surface area (Å²) in [5, 5.41) is 10.3. The summed E-state index contributed by atoms with van der Waals surface area (Å²) < 4.78 is 0. The number of rotatable bonds is 3. The van der Waals surface area contributed by atoms with Crippen molar-refractivity contribution in [1.29, 1.82) is 0 Å².